The van der Waals surface area contributed by atoms with Crippen LogP contribution in [0.2, 0.25) is 0 Å². The maximum absolute atomic E-state index is 5.90. The van der Waals surface area contributed by atoms with Gasteiger partial charge >= 0.3 is 7.83 Å². The van der Waals surface area contributed by atoms with Crippen LogP contribution in [0, 0.1) is 0 Å². The van der Waals surface area contributed by atoms with Crippen molar-refractivity contribution in [2.75, 3.05) is 14.2 Å². The highest BCUT2D eigenvalue weighted by molar-refractivity contribution is 6.70. The van der Waals surface area contributed by atoms with Gasteiger partial charge in [-0.2, -0.15) is 20.4 Å². The number of hydrazone groups is 2. The minimum Gasteiger partial charge on any atom is -0.497 e. The summed E-state index contributed by atoms with van der Waals surface area (Å²) in [6.07, 6.45) is 6.61. The molecule has 0 saturated carbocycles. The quantitative estimate of drug-likeness (QED) is 0.230. The molecule has 4 rings (SSSR count). The molecular weight excluding hydrogens is 854 g/mol. The smallest absolute Gasteiger partial charge is 0.301 e. The van der Waals surface area contributed by atoms with Crippen LogP contribution in [0.1, 0.15) is 11.1 Å². The van der Waals surface area contributed by atoms with Gasteiger partial charge in [-0.05, 0) is 60.2 Å². The van der Waals surface area contributed by atoms with Crippen molar-refractivity contribution < 1.29 is 9.47 Å². The summed E-state index contributed by atoms with van der Waals surface area (Å²) in [4.78, 5) is 0. The van der Waals surface area contributed by atoms with Gasteiger partial charge in [-0.3, -0.25) is 10.9 Å². The number of nitrogens with one attached hydrogen (secondary N) is 2. The zero-order chi connectivity index (χ0) is 34.5. The largest absolute Gasteiger partial charge is 0.497 e. The van der Waals surface area contributed by atoms with Gasteiger partial charge < -0.3 is 9.47 Å². The third kappa shape index (κ3) is 12.0. The van der Waals surface area contributed by atoms with Crippen molar-refractivity contribution in [1.29, 1.82) is 0 Å². The number of halogens is 12. The van der Waals surface area contributed by atoms with Crippen LogP contribution in [0.5, 0.6) is 11.5 Å². The zero-order valence-electron chi connectivity index (χ0n) is 23.1. The number of hydrogen-bond donors (Lipinski definition) is 2. The van der Waals surface area contributed by atoms with Crippen molar-refractivity contribution in [2.45, 2.75) is 15.4 Å². The molecule has 0 atom stereocenters. The topological polar surface area (TPSA) is 73.7 Å². The Morgan fingerprint density at radius 2 is 1.02 bits per heavy atom. The Morgan fingerprint density at radius 3 is 1.46 bits per heavy atom. The van der Waals surface area contributed by atoms with Crippen LogP contribution in [-0.2, 0) is 0 Å². The fraction of sp³-hybridized carbons (Fsp3) is 0.231. The number of allylic oxidation sites excluding steroid dienone is 5. The first kappa shape index (κ1) is 39.7. The Morgan fingerprint density at radius 1 is 0.587 bits per heavy atom. The molecule has 2 aromatic rings. The highest BCUT2D eigenvalue weighted by Gasteiger charge is 2.38. The first-order valence-corrected chi connectivity index (χ1v) is 16.7. The van der Waals surface area contributed by atoms with Crippen LogP contribution in [0.4, 0.5) is 0 Å². The maximum atomic E-state index is 5.90. The molecule has 0 aliphatic carbocycles. The molecule has 0 bridgehead atoms. The monoisotopic (exact) mass is 868 g/mol. The van der Waals surface area contributed by atoms with E-state index in [1.807, 2.05) is 30.3 Å². The lowest BCUT2D eigenvalue weighted by Crippen LogP contribution is -2.47. The van der Waals surface area contributed by atoms with E-state index < -0.39 is 15.4 Å². The molecule has 0 aromatic heterocycles. The van der Waals surface area contributed by atoms with Crippen LogP contribution in [0.15, 0.2) is 88.4 Å². The van der Waals surface area contributed by atoms with Crippen molar-refractivity contribution in [3.63, 3.8) is 0 Å². The molecule has 8 nitrogen and oxygen atoms in total. The minimum absolute atomic E-state index is 0.197. The molecule has 2 aliphatic heterocycles. The molecular formula is C26H20Cl12N6O2. The molecule has 2 N–H and O–H groups in total. The van der Waals surface area contributed by atoms with Gasteiger partial charge in [0.05, 0.1) is 37.0 Å². The van der Waals surface area contributed by atoms with Crippen LogP contribution in [0.25, 0.3) is 6.08 Å². The van der Waals surface area contributed by atoms with Crippen molar-refractivity contribution in [1.82, 2.24) is 21.1 Å². The summed E-state index contributed by atoms with van der Waals surface area (Å²) in [7, 11) is 3.17. The molecule has 2 aliphatic rings. The number of benzene rings is 2. The normalized spacial score (nSPS) is 15.9. The number of hydrazine groups is 2. The van der Waals surface area contributed by atoms with E-state index in [9.17, 15) is 0 Å². The number of methoxy groups -OCH3 is 2. The second kappa shape index (κ2) is 16.3. The van der Waals surface area contributed by atoms with E-state index in [0.29, 0.717) is 17.2 Å². The number of ether oxygens (including phenoxy) is 2. The van der Waals surface area contributed by atoms with Gasteiger partial charge in [0.15, 0.2) is 0 Å². The molecule has 0 spiro atoms. The van der Waals surface area contributed by atoms with E-state index in [2.05, 4.69) is 21.1 Å². The Kier molecular flexibility index (Phi) is 14.1. The lowest BCUT2D eigenvalue weighted by Gasteiger charge is -2.33. The predicted octanol–water partition coefficient (Wildman–Crippen LogP) is 10.3. The van der Waals surface area contributed by atoms with Crippen LogP contribution < -0.4 is 20.3 Å². The average molecular weight is 874 g/mol. The van der Waals surface area contributed by atoms with E-state index in [4.69, 9.17) is 149 Å². The summed E-state index contributed by atoms with van der Waals surface area (Å²) in [5, 5.41) is 10.3. The second-order valence-electron chi connectivity index (χ2n) is 8.74. The average Bonchev–Trinajstić information content (AvgIpc) is 2.98. The number of rotatable bonds is 5. The van der Waals surface area contributed by atoms with Gasteiger partial charge in [-0.15, -0.1) is 0 Å². The van der Waals surface area contributed by atoms with E-state index >= 15 is 0 Å². The van der Waals surface area contributed by atoms with Gasteiger partial charge in [0.25, 0.3) is 0 Å². The maximum Gasteiger partial charge on any atom is 0.301 e. The number of alkyl halides is 12. The highest BCUT2D eigenvalue weighted by Crippen LogP contribution is 2.39. The summed E-state index contributed by atoms with van der Waals surface area (Å²) in [5.41, 5.74) is 8.21. The summed E-state index contributed by atoms with van der Waals surface area (Å²) >= 11 is 70.4. The highest BCUT2D eigenvalue weighted by atomic mass is 35.6. The first-order chi connectivity index (χ1) is 21.2. The van der Waals surface area contributed by atoms with Crippen molar-refractivity contribution in [2.24, 2.45) is 10.2 Å². The fourth-order valence-corrected chi connectivity index (χ4v) is 4.38. The van der Waals surface area contributed by atoms with Gasteiger partial charge in [-0.25, -0.2) is 0 Å². The predicted molar refractivity (Wildman–Crippen MR) is 196 cm³/mol. The Hall–Kier alpha value is -0.720. The molecule has 46 heavy (non-hydrogen) atoms. The van der Waals surface area contributed by atoms with Crippen LogP contribution >= 0.6 is 139 Å². The third-order valence-corrected chi connectivity index (χ3v) is 7.67. The summed E-state index contributed by atoms with van der Waals surface area (Å²) in [6, 6.07) is 14.5. The number of nitrogens with zero attached hydrogens (tertiary/aromatic N) is 4. The summed E-state index contributed by atoms with van der Waals surface area (Å²) in [5.74, 6) is 1.45. The molecule has 2 heterocycles. The number of hydrogen-bond acceptors (Lipinski definition) is 8. The van der Waals surface area contributed by atoms with Crippen molar-refractivity contribution in [3.05, 3.63) is 89.3 Å². The fourth-order valence-electron chi connectivity index (χ4n) is 3.32. The van der Waals surface area contributed by atoms with E-state index in [1.165, 1.54) is 0 Å². The van der Waals surface area contributed by atoms with Gasteiger partial charge in [0.2, 0.25) is 7.59 Å². The zero-order valence-corrected chi connectivity index (χ0v) is 32.1. The minimum atomic E-state index is -1.87. The lowest BCUT2D eigenvalue weighted by molar-refractivity contribution is 0.216. The SMILES string of the molecule is COc1ccc(/C=C/C2=NN(C(Cl)(Cl)Cl)NC(C(Cl)(Cl)Cl)=C2)cc1.COc1ccc(C2=NN(C(Cl)(Cl)Cl)NC(C(Cl)(Cl)Cl)=C2)cc1. The summed E-state index contributed by atoms with van der Waals surface area (Å²) < 4.78 is 3.01. The molecule has 0 amide bonds. The molecule has 0 saturated heterocycles. The van der Waals surface area contributed by atoms with Gasteiger partial charge in [0.1, 0.15) is 11.5 Å². The second-order valence-corrected chi connectivity index (χ2v) is 17.7. The first-order valence-electron chi connectivity index (χ1n) is 12.2. The molecule has 250 valence electrons. The Balaban J connectivity index is 0.000000251. The van der Waals surface area contributed by atoms with E-state index in [0.717, 1.165) is 27.1 Å². The molecule has 20 heteroatoms. The standard InChI is InChI=1S/C14H11Cl6N3O.C12H9Cl6N3O/c1-24-11-6-3-9(4-7-11)2-5-10-8-12(13(15,16)17)22-23(21-10)14(18,19)20;1-22-8-4-2-7(3-5-8)9-6-10(11(13,14)15)20-21(19-9)12(16,17)18/h2-8,22H,1H3;2-6,20H,1H3/b5-2+;. The van der Waals surface area contributed by atoms with Crippen molar-refractivity contribution in [3.8, 4) is 11.5 Å². The third-order valence-electron chi connectivity index (χ3n) is 5.49. The van der Waals surface area contributed by atoms with Gasteiger partial charge in [0, 0.05) is 5.56 Å². The van der Waals surface area contributed by atoms with Crippen molar-refractivity contribution >= 4 is 157 Å². The van der Waals surface area contributed by atoms with E-state index in [-0.39, 0.29) is 11.4 Å². The summed E-state index contributed by atoms with van der Waals surface area (Å²) in [6.45, 7) is 0. The molecule has 0 radical (unpaired) electrons. The Bertz CT molecular complexity index is 1500. The van der Waals surface area contributed by atoms with E-state index in [1.54, 1.807) is 56.7 Å². The molecule has 0 fully saturated rings. The van der Waals surface area contributed by atoms with Crippen LogP contribution in [0.3, 0.4) is 0 Å². The molecule has 2 aromatic carbocycles. The lowest BCUT2D eigenvalue weighted by atomic mass is 10.1. The Labute approximate surface area is 325 Å². The van der Waals surface area contributed by atoms with Gasteiger partial charge in [-0.1, -0.05) is 157 Å². The van der Waals surface area contributed by atoms with Crippen LogP contribution in [-0.4, -0.2) is 51.3 Å². The molecule has 0 unspecified atom stereocenters.